The zero-order valence-corrected chi connectivity index (χ0v) is 10.2. The quantitative estimate of drug-likeness (QED) is 0.636. The fourth-order valence-corrected chi connectivity index (χ4v) is 1.91. The van der Waals surface area contributed by atoms with Gasteiger partial charge in [-0.1, -0.05) is 13.8 Å². The van der Waals surface area contributed by atoms with E-state index in [1.165, 1.54) is 6.42 Å². The minimum absolute atomic E-state index is 0.411. The lowest BCUT2D eigenvalue weighted by Gasteiger charge is -2.20. The van der Waals surface area contributed by atoms with Crippen LogP contribution in [0, 0.1) is 0 Å². The van der Waals surface area contributed by atoms with E-state index < -0.39 is 11.4 Å². The van der Waals surface area contributed by atoms with Crippen LogP contribution >= 0.6 is 11.8 Å². The zero-order valence-electron chi connectivity index (χ0n) is 9.38. The molecule has 3 nitrogen and oxygen atoms in total. The largest absolute Gasteiger partial charge is 0.368 e. The SMILES string of the molecule is CCC(C)SCCCC(C)(N)C(N)=O. The van der Waals surface area contributed by atoms with E-state index in [0.29, 0.717) is 11.7 Å². The molecule has 0 saturated heterocycles. The molecule has 0 aromatic heterocycles. The van der Waals surface area contributed by atoms with E-state index in [1.54, 1.807) is 6.92 Å². The van der Waals surface area contributed by atoms with Crippen LogP contribution in [0.2, 0.25) is 0 Å². The number of rotatable bonds is 7. The van der Waals surface area contributed by atoms with Crippen LogP contribution in [0.3, 0.4) is 0 Å². The Morgan fingerprint density at radius 2 is 2.14 bits per heavy atom. The van der Waals surface area contributed by atoms with E-state index in [2.05, 4.69) is 13.8 Å². The molecule has 0 bridgehead atoms. The molecule has 0 spiro atoms. The first-order chi connectivity index (χ1) is 6.40. The van der Waals surface area contributed by atoms with Crippen molar-refractivity contribution in [2.24, 2.45) is 11.5 Å². The molecular formula is C10H22N2OS. The molecule has 0 heterocycles. The van der Waals surface area contributed by atoms with Gasteiger partial charge in [0.25, 0.3) is 0 Å². The van der Waals surface area contributed by atoms with E-state index >= 15 is 0 Å². The molecule has 14 heavy (non-hydrogen) atoms. The summed E-state index contributed by atoms with van der Waals surface area (Å²) in [6, 6.07) is 0. The Balaban J connectivity index is 3.59. The summed E-state index contributed by atoms with van der Waals surface area (Å²) in [5.41, 5.74) is 10.1. The summed E-state index contributed by atoms with van der Waals surface area (Å²) in [5, 5.41) is 0.688. The maximum absolute atomic E-state index is 10.9. The highest BCUT2D eigenvalue weighted by Gasteiger charge is 2.24. The standard InChI is InChI=1S/C10H22N2OS/c1-4-8(2)14-7-5-6-10(3,12)9(11)13/h8H,4-7,12H2,1-3H3,(H2,11,13). The predicted octanol–water partition coefficient (Wildman–Crippen LogP) is 1.50. The summed E-state index contributed by atoms with van der Waals surface area (Å²) in [6.07, 6.45) is 2.80. The minimum Gasteiger partial charge on any atom is -0.368 e. The summed E-state index contributed by atoms with van der Waals surface area (Å²) >= 11 is 1.92. The van der Waals surface area contributed by atoms with Gasteiger partial charge in [-0.15, -0.1) is 0 Å². The third-order valence-corrected chi connectivity index (χ3v) is 3.81. The van der Waals surface area contributed by atoms with Crippen LogP contribution in [0.4, 0.5) is 0 Å². The third-order valence-electron chi connectivity index (χ3n) is 2.38. The van der Waals surface area contributed by atoms with Crippen molar-refractivity contribution in [3.05, 3.63) is 0 Å². The molecule has 0 aromatic rings. The van der Waals surface area contributed by atoms with Crippen molar-refractivity contribution in [1.29, 1.82) is 0 Å². The van der Waals surface area contributed by atoms with Crippen molar-refractivity contribution >= 4 is 17.7 Å². The van der Waals surface area contributed by atoms with Crippen molar-refractivity contribution in [3.63, 3.8) is 0 Å². The lowest BCUT2D eigenvalue weighted by molar-refractivity contribution is -0.122. The maximum atomic E-state index is 10.9. The van der Waals surface area contributed by atoms with Gasteiger partial charge in [-0.3, -0.25) is 4.79 Å². The maximum Gasteiger partial charge on any atom is 0.237 e. The predicted molar refractivity (Wildman–Crippen MR) is 63.2 cm³/mol. The molecule has 0 rings (SSSR count). The van der Waals surface area contributed by atoms with Crippen LogP contribution in [-0.4, -0.2) is 22.4 Å². The molecule has 0 fully saturated rings. The van der Waals surface area contributed by atoms with Gasteiger partial charge in [0.05, 0.1) is 5.54 Å². The fourth-order valence-electron chi connectivity index (χ4n) is 0.965. The van der Waals surface area contributed by atoms with Gasteiger partial charge in [-0.25, -0.2) is 0 Å². The molecule has 0 aliphatic rings. The topological polar surface area (TPSA) is 69.1 Å². The molecule has 0 radical (unpaired) electrons. The number of carbonyl (C=O) groups is 1. The number of primary amides is 1. The lowest BCUT2D eigenvalue weighted by Crippen LogP contribution is -2.49. The van der Waals surface area contributed by atoms with E-state index in [-0.39, 0.29) is 0 Å². The molecule has 0 aliphatic heterocycles. The number of hydrogen-bond acceptors (Lipinski definition) is 3. The van der Waals surface area contributed by atoms with Crippen LogP contribution < -0.4 is 11.5 Å². The van der Waals surface area contributed by atoms with Gasteiger partial charge in [-0.2, -0.15) is 11.8 Å². The van der Waals surface area contributed by atoms with Crippen molar-refractivity contribution in [1.82, 2.24) is 0 Å². The average molecular weight is 218 g/mol. The van der Waals surface area contributed by atoms with E-state index in [9.17, 15) is 4.79 Å². The monoisotopic (exact) mass is 218 g/mol. The molecule has 84 valence electrons. The summed E-state index contributed by atoms with van der Waals surface area (Å²) in [7, 11) is 0. The molecule has 4 N–H and O–H groups in total. The highest BCUT2D eigenvalue weighted by molar-refractivity contribution is 7.99. The Kier molecular flexibility index (Phi) is 6.20. The normalized spacial score (nSPS) is 17.4. The van der Waals surface area contributed by atoms with Crippen LogP contribution in [0.25, 0.3) is 0 Å². The number of nitrogens with two attached hydrogens (primary N) is 2. The molecule has 1 amide bonds. The first-order valence-corrected chi connectivity index (χ1v) is 6.15. The fraction of sp³-hybridized carbons (Fsp3) is 0.900. The Bertz CT molecular complexity index is 183. The summed E-state index contributed by atoms with van der Waals surface area (Å²) in [5.74, 6) is 0.640. The number of thioether (sulfide) groups is 1. The van der Waals surface area contributed by atoms with Crippen molar-refractivity contribution in [3.8, 4) is 0 Å². The number of carbonyl (C=O) groups excluding carboxylic acids is 1. The smallest absolute Gasteiger partial charge is 0.237 e. The number of amides is 1. The van der Waals surface area contributed by atoms with Crippen LogP contribution in [0.15, 0.2) is 0 Å². The highest BCUT2D eigenvalue weighted by Crippen LogP contribution is 2.17. The molecular weight excluding hydrogens is 196 g/mol. The second kappa shape index (κ2) is 6.30. The first kappa shape index (κ1) is 13.8. The van der Waals surface area contributed by atoms with Crippen LogP contribution in [0.1, 0.15) is 40.0 Å². The van der Waals surface area contributed by atoms with Crippen molar-refractivity contribution in [2.45, 2.75) is 50.8 Å². The van der Waals surface area contributed by atoms with Gasteiger partial charge in [0.2, 0.25) is 5.91 Å². The van der Waals surface area contributed by atoms with Crippen LogP contribution in [-0.2, 0) is 4.79 Å². The Morgan fingerprint density at radius 1 is 1.57 bits per heavy atom. The lowest BCUT2D eigenvalue weighted by atomic mass is 9.97. The van der Waals surface area contributed by atoms with Crippen LogP contribution in [0.5, 0.6) is 0 Å². The second-order valence-electron chi connectivity index (χ2n) is 3.97. The Morgan fingerprint density at radius 3 is 2.57 bits per heavy atom. The first-order valence-electron chi connectivity index (χ1n) is 5.10. The van der Waals surface area contributed by atoms with Crippen molar-refractivity contribution in [2.75, 3.05) is 5.75 Å². The highest BCUT2D eigenvalue weighted by atomic mass is 32.2. The van der Waals surface area contributed by atoms with Gasteiger partial charge < -0.3 is 11.5 Å². The van der Waals surface area contributed by atoms with E-state index in [0.717, 1.165) is 12.2 Å². The molecule has 4 heteroatoms. The minimum atomic E-state index is -0.837. The van der Waals surface area contributed by atoms with Gasteiger partial charge in [0, 0.05) is 5.25 Å². The summed E-state index contributed by atoms with van der Waals surface area (Å²) in [4.78, 5) is 10.9. The second-order valence-corrected chi connectivity index (χ2v) is 5.52. The molecule has 0 aliphatic carbocycles. The van der Waals surface area contributed by atoms with Gasteiger partial charge >= 0.3 is 0 Å². The number of hydrogen-bond donors (Lipinski definition) is 2. The zero-order chi connectivity index (χ0) is 11.2. The molecule has 2 unspecified atom stereocenters. The third kappa shape index (κ3) is 5.50. The van der Waals surface area contributed by atoms with Gasteiger partial charge in [0.1, 0.15) is 0 Å². The Labute approximate surface area is 91.0 Å². The Hall–Kier alpha value is -0.220. The molecule has 0 saturated carbocycles. The van der Waals surface area contributed by atoms with E-state index in [1.807, 2.05) is 11.8 Å². The average Bonchev–Trinajstić information content (AvgIpc) is 2.11. The molecule has 0 aromatic carbocycles. The molecule has 2 atom stereocenters. The van der Waals surface area contributed by atoms with Gasteiger partial charge in [-0.05, 0) is 31.9 Å². The van der Waals surface area contributed by atoms with Crippen molar-refractivity contribution < 1.29 is 4.79 Å². The van der Waals surface area contributed by atoms with Gasteiger partial charge in [0.15, 0.2) is 0 Å². The van der Waals surface area contributed by atoms with E-state index in [4.69, 9.17) is 11.5 Å². The summed E-state index contributed by atoms with van der Waals surface area (Å²) < 4.78 is 0. The summed E-state index contributed by atoms with van der Waals surface area (Å²) in [6.45, 7) is 6.08.